The van der Waals surface area contributed by atoms with Gasteiger partial charge in [-0.2, -0.15) is 0 Å². The van der Waals surface area contributed by atoms with Crippen LogP contribution in [-0.2, 0) is 11.2 Å². The number of ether oxygens (including phenoxy) is 1. The summed E-state index contributed by atoms with van der Waals surface area (Å²) in [7, 11) is 0. The molecule has 1 aromatic rings. The monoisotopic (exact) mass is 316 g/mol. The predicted molar refractivity (Wildman–Crippen MR) is 84.6 cm³/mol. The number of nitrogens with zero attached hydrogens (tertiary/aromatic N) is 1. The second kappa shape index (κ2) is 7.10. The number of nitrogens with two attached hydrogens (primary N) is 1. The van der Waals surface area contributed by atoms with Crippen LogP contribution in [0.2, 0.25) is 10.0 Å². The third-order valence-corrected chi connectivity index (χ3v) is 4.68. The van der Waals surface area contributed by atoms with Crippen molar-refractivity contribution in [3.63, 3.8) is 0 Å². The average Bonchev–Trinajstić information content (AvgIpc) is 2.44. The number of morpholine rings is 1. The Bertz CT molecular complexity index is 453. The van der Waals surface area contributed by atoms with Crippen LogP contribution in [0.3, 0.4) is 0 Å². The van der Waals surface area contributed by atoms with Crippen molar-refractivity contribution in [3.8, 4) is 0 Å². The van der Waals surface area contributed by atoms with Gasteiger partial charge in [0.25, 0.3) is 0 Å². The van der Waals surface area contributed by atoms with E-state index in [-0.39, 0.29) is 12.1 Å². The van der Waals surface area contributed by atoms with E-state index in [4.69, 9.17) is 33.7 Å². The van der Waals surface area contributed by atoms with Crippen molar-refractivity contribution in [1.29, 1.82) is 0 Å². The minimum absolute atomic E-state index is 0.0428. The van der Waals surface area contributed by atoms with E-state index in [2.05, 4.69) is 18.7 Å². The van der Waals surface area contributed by atoms with E-state index in [1.165, 1.54) is 0 Å². The lowest BCUT2D eigenvalue weighted by atomic mass is 10.0. The molecular formula is C15H22Cl2N2O. The van der Waals surface area contributed by atoms with Crippen LogP contribution in [0, 0.1) is 0 Å². The molecule has 1 heterocycles. The van der Waals surface area contributed by atoms with Crippen LogP contribution < -0.4 is 5.73 Å². The van der Waals surface area contributed by atoms with E-state index < -0.39 is 0 Å². The Kier molecular flexibility index (Phi) is 5.70. The van der Waals surface area contributed by atoms with E-state index in [9.17, 15) is 0 Å². The van der Waals surface area contributed by atoms with Gasteiger partial charge in [0, 0.05) is 25.2 Å². The zero-order valence-electron chi connectivity index (χ0n) is 12.0. The first-order valence-electron chi connectivity index (χ1n) is 7.03. The van der Waals surface area contributed by atoms with Crippen LogP contribution in [0.25, 0.3) is 0 Å². The number of rotatable bonds is 4. The Hall–Kier alpha value is -0.320. The molecule has 0 aliphatic carbocycles. The minimum Gasteiger partial charge on any atom is -0.374 e. The summed E-state index contributed by atoms with van der Waals surface area (Å²) in [5, 5.41) is 1.17. The van der Waals surface area contributed by atoms with Gasteiger partial charge in [-0.25, -0.2) is 0 Å². The van der Waals surface area contributed by atoms with Crippen molar-refractivity contribution in [1.82, 2.24) is 4.90 Å². The average molecular weight is 317 g/mol. The summed E-state index contributed by atoms with van der Waals surface area (Å²) in [6.07, 6.45) is 0.719. The fourth-order valence-electron chi connectivity index (χ4n) is 2.52. The number of benzene rings is 1. The molecule has 2 atom stereocenters. The van der Waals surface area contributed by atoms with Crippen LogP contribution in [0.4, 0.5) is 0 Å². The van der Waals surface area contributed by atoms with E-state index in [0.717, 1.165) is 25.3 Å². The Morgan fingerprint density at radius 2 is 2.15 bits per heavy atom. The summed E-state index contributed by atoms with van der Waals surface area (Å²) in [6.45, 7) is 6.97. The van der Waals surface area contributed by atoms with Gasteiger partial charge in [0.15, 0.2) is 0 Å². The van der Waals surface area contributed by atoms with E-state index >= 15 is 0 Å². The first-order valence-corrected chi connectivity index (χ1v) is 7.78. The van der Waals surface area contributed by atoms with Crippen LogP contribution in [0.5, 0.6) is 0 Å². The van der Waals surface area contributed by atoms with Crippen LogP contribution in [0.1, 0.15) is 19.4 Å². The molecule has 3 nitrogen and oxygen atoms in total. The van der Waals surface area contributed by atoms with Gasteiger partial charge >= 0.3 is 0 Å². The normalized spacial score (nSPS) is 22.2. The molecule has 0 saturated carbocycles. The quantitative estimate of drug-likeness (QED) is 0.928. The third kappa shape index (κ3) is 3.86. The van der Waals surface area contributed by atoms with Crippen molar-refractivity contribution < 1.29 is 4.74 Å². The minimum atomic E-state index is -0.0764. The fourth-order valence-corrected chi connectivity index (χ4v) is 2.91. The Morgan fingerprint density at radius 3 is 2.85 bits per heavy atom. The number of hydrogen-bond acceptors (Lipinski definition) is 3. The van der Waals surface area contributed by atoms with Gasteiger partial charge in [-0.05, 0) is 31.9 Å². The summed E-state index contributed by atoms with van der Waals surface area (Å²) in [6, 6.07) is 6.10. The van der Waals surface area contributed by atoms with Crippen LogP contribution in [0.15, 0.2) is 18.2 Å². The molecule has 0 amide bonds. The largest absolute Gasteiger partial charge is 0.374 e. The van der Waals surface area contributed by atoms with Gasteiger partial charge < -0.3 is 10.5 Å². The maximum atomic E-state index is 6.31. The molecule has 0 radical (unpaired) electrons. The van der Waals surface area contributed by atoms with Gasteiger partial charge in [-0.15, -0.1) is 0 Å². The lowest BCUT2D eigenvalue weighted by Crippen LogP contribution is -2.53. The van der Waals surface area contributed by atoms with Crippen LogP contribution >= 0.6 is 23.2 Å². The molecule has 1 saturated heterocycles. The summed E-state index contributed by atoms with van der Waals surface area (Å²) < 4.78 is 5.82. The molecule has 20 heavy (non-hydrogen) atoms. The van der Waals surface area contributed by atoms with Gasteiger partial charge in [0.1, 0.15) is 0 Å². The maximum absolute atomic E-state index is 6.31. The second-order valence-electron chi connectivity index (χ2n) is 5.58. The smallest absolute Gasteiger partial charge is 0.0856 e. The first-order chi connectivity index (χ1) is 9.49. The molecule has 0 aromatic heterocycles. The molecule has 0 spiro atoms. The topological polar surface area (TPSA) is 38.5 Å². The highest BCUT2D eigenvalue weighted by molar-refractivity contribution is 6.42. The van der Waals surface area contributed by atoms with Crippen LogP contribution in [-0.4, -0.2) is 42.8 Å². The van der Waals surface area contributed by atoms with Crippen molar-refractivity contribution in [2.75, 3.05) is 19.7 Å². The lowest BCUT2D eigenvalue weighted by molar-refractivity contribution is -0.0495. The summed E-state index contributed by atoms with van der Waals surface area (Å²) in [5.74, 6) is 0. The number of hydrogen-bond donors (Lipinski definition) is 1. The zero-order chi connectivity index (χ0) is 14.7. The molecule has 5 heteroatoms. The standard InChI is InChI=1S/C15H22Cl2N2O/c1-10(2)19-6-7-20-14(9-19)13(18)8-11-4-3-5-12(16)15(11)17/h3-5,10,13-14H,6-9,18H2,1-2H3. The van der Waals surface area contributed by atoms with Gasteiger partial charge in [-0.1, -0.05) is 35.3 Å². The van der Waals surface area contributed by atoms with E-state index in [1.807, 2.05) is 12.1 Å². The fraction of sp³-hybridized carbons (Fsp3) is 0.600. The maximum Gasteiger partial charge on any atom is 0.0856 e. The molecule has 1 aromatic carbocycles. The molecule has 0 bridgehead atoms. The predicted octanol–water partition coefficient (Wildman–Crippen LogP) is 2.97. The molecule has 2 unspecified atom stereocenters. The first kappa shape index (κ1) is 16.1. The second-order valence-corrected chi connectivity index (χ2v) is 6.36. The van der Waals surface area contributed by atoms with Crippen molar-refractivity contribution in [2.24, 2.45) is 5.73 Å². The van der Waals surface area contributed by atoms with Crippen molar-refractivity contribution >= 4 is 23.2 Å². The summed E-state index contributed by atoms with van der Waals surface area (Å²) >= 11 is 12.3. The summed E-state index contributed by atoms with van der Waals surface area (Å²) in [4.78, 5) is 2.40. The molecule has 1 aliphatic rings. The van der Waals surface area contributed by atoms with E-state index in [1.54, 1.807) is 6.07 Å². The Morgan fingerprint density at radius 1 is 1.40 bits per heavy atom. The van der Waals surface area contributed by atoms with Gasteiger partial charge in [-0.3, -0.25) is 4.90 Å². The van der Waals surface area contributed by atoms with E-state index in [0.29, 0.717) is 22.5 Å². The molecule has 1 aliphatic heterocycles. The summed E-state index contributed by atoms with van der Waals surface area (Å²) in [5.41, 5.74) is 7.29. The highest BCUT2D eigenvalue weighted by atomic mass is 35.5. The Balaban J connectivity index is 2.00. The highest BCUT2D eigenvalue weighted by Gasteiger charge is 2.27. The van der Waals surface area contributed by atoms with Crippen molar-refractivity contribution in [2.45, 2.75) is 38.5 Å². The molecule has 1 fully saturated rings. The SMILES string of the molecule is CC(C)N1CCOC(C(N)Cc2cccc(Cl)c2Cl)C1. The number of halogens is 2. The highest BCUT2D eigenvalue weighted by Crippen LogP contribution is 2.27. The van der Waals surface area contributed by atoms with Gasteiger partial charge in [0.05, 0.1) is 22.8 Å². The zero-order valence-corrected chi connectivity index (χ0v) is 13.5. The van der Waals surface area contributed by atoms with Crippen molar-refractivity contribution in [3.05, 3.63) is 33.8 Å². The van der Waals surface area contributed by atoms with Gasteiger partial charge in [0.2, 0.25) is 0 Å². The molecule has 112 valence electrons. The molecule has 2 rings (SSSR count). The molecule has 2 N–H and O–H groups in total. The lowest BCUT2D eigenvalue weighted by Gasteiger charge is -2.38. The Labute approximate surface area is 131 Å². The third-order valence-electron chi connectivity index (χ3n) is 3.82. The molecular weight excluding hydrogens is 295 g/mol.